The lowest BCUT2D eigenvalue weighted by atomic mass is 10.1. The molecule has 1 aromatic rings. The fraction of sp³-hybridized carbons (Fsp3) is 0.526. The maximum absolute atomic E-state index is 12.8. The molecule has 0 aliphatic carbocycles. The molecule has 1 aromatic carbocycles. The normalized spacial score (nSPS) is 17.9. The number of esters is 1. The standard InChI is InChI=1S/C19H26N4O5/c1-27-17(24)14-21-6-8-23(9-7-21)19(26)20-16-5-3-2-4-15(16)18(25)22-10-12-28-13-11-22/h2-5H,6-14H2,1H3,(H,20,26). The summed E-state index contributed by atoms with van der Waals surface area (Å²) < 4.78 is 9.97. The van der Waals surface area contributed by atoms with Gasteiger partial charge < -0.3 is 24.6 Å². The van der Waals surface area contributed by atoms with Crippen molar-refractivity contribution in [1.29, 1.82) is 0 Å². The molecule has 0 unspecified atom stereocenters. The van der Waals surface area contributed by atoms with E-state index in [2.05, 4.69) is 10.1 Å². The smallest absolute Gasteiger partial charge is 0.321 e. The summed E-state index contributed by atoms with van der Waals surface area (Å²) in [5.41, 5.74) is 0.975. The fourth-order valence-electron chi connectivity index (χ4n) is 3.27. The fourth-order valence-corrected chi connectivity index (χ4v) is 3.27. The van der Waals surface area contributed by atoms with Crippen LogP contribution >= 0.6 is 0 Å². The maximum atomic E-state index is 12.8. The molecule has 0 atom stereocenters. The zero-order chi connectivity index (χ0) is 19.9. The minimum atomic E-state index is -0.284. The molecule has 2 aliphatic heterocycles. The van der Waals surface area contributed by atoms with Crippen LogP contribution in [0, 0.1) is 0 Å². The second kappa shape index (κ2) is 9.52. The molecule has 1 N–H and O–H groups in total. The van der Waals surface area contributed by atoms with Gasteiger partial charge in [0.1, 0.15) is 0 Å². The van der Waals surface area contributed by atoms with Crippen LogP contribution in [-0.2, 0) is 14.3 Å². The number of hydrogen-bond donors (Lipinski definition) is 1. The summed E-state index contributed by atoms with van der Waals surface area (Å²) in [4.78, 5) is 42.2. The summed E-state index contributed by atoms with van der Waals surface area (Å²) in [7, 11) is 1.36. The minimum Gasteiger partial charge on any atom is -0.468 e. The number of ether oxygens (including phenoxy) is 2. The topological polar surface area (TPSA) is 91.4 Å². The number of hydrogen-bond acceptors (Lipinski definition) is 6. The van der Waals surface area contributed by atoms with Gasteiger partial charge in [-0.1, -0.05) is 12.1 Å². The Hall–Kier alpha value is -2.65. The number of methoxy groups -OCH3 is 1. The van der Waals surface area contributed by atoms with Gasteiger partial charge >= 0.3 is 12.0 Å². The van der Waals surface area contributed by atoms with Crippen molar-refractivity contribution >= 4 is 23.6 Å². The Balaban J connectivity index is 1.59. The highest BCUT2D eigenvalue weighted by Crippen LogP contribution is 2.19. The Kier molecular flexibility index (Phi) is 6.83. The van der Waals surface area contributed by atoms with Crippen molar-refractivity contribution in [2.75, 3.05) is 71.5 Å². The highest BCUT2D eigenvalue weighted by Gasteiger charge is 2.25. The number of urea groups is 1. The van der Waals surface area contributed by atoms with Crippen LogP contribution in [0.2, 0.25) is 0 Å². The van der Waals surface area contributed by atoms with E-state index in [1.807, 2.05) is 4.90 Å². The minimum absolute atomic E-state index is 0.109. The van der Waals surface area contributed by atoms with Gasteiger partial charge in [0, 0.05) is 39.3 Å². The number of carbonyl (C=O) groups is 3. The van der Waals surface area contributed by atoms with Crippen molar-refractivity contribution in [3.05, 3.63) is 29.8 Å². The zero-order valence-corrected chi connectivity index (χ0v) is 16.1. The first-order chi connectivity index (χ1) is 13.6. The van der Waals surface area contributed by atoms with Gasteiger partial charge in [-0.3, -0.25) is 14.5 Å². The van der Waals surface area contributed by atoms with Gasteiger partial charge in [0.2, 0.25) is 0 Å². The number of amides is 3. The number of piperazine rings is 1. The molecule has 2 aliphatic rings. The molecular formula is C19H26N4O5. The van der Waals surface area contributed by atoms with E-state index in [-0.39, 0.29) is 24.5 Å². The molecule has 9 nitrogen and oxygen atoms in total. The van der Waals surface area contributed by atoms with Crippen LogP contribution < -0.4 is 5.32 Å². The average Bonchev–Trinajstić information content (AvgIpc) is 2.74. The SMILES string of the molecule is COC(=O)CN1CCN(C(=O)Nc2ccccc2C(=O)N2CCOCC2)CC1. The number of anilines is 1. The first kappa shape index (κ1) is 20.1. The highest BCUT2D eigenvalue weighted by atomic mass is 16.5. The van der Waals surface area contributed by atoms with E-state index >= 15 is 0 Å². The summed E-state index contributed by atoms with van der Waals surface area (Å²) in [6, 6.07) is 6.79. The largest absolute Gasteiger partial charge is 0.468 e. The Labute approximate surface area is 164 Å². The summed E-state index contributed by atoms with van der Waals surface area (Å²) in [5, 5.41) is 2.87. The van der Waals surface area contributed by atoms with E-state index in [0.29, 0.717) is 63.7 Å². The van der Waals surface area contributed by atoms with E-state index in [0.717, 1.165) is 0 Å². The quantitative estimate of drug-likeness (QED) is 0.752. The molecule has 152 valence electrons. The van der Waals surface area contributed by atoms with Gasteiger partial charge in [0.25, 0.3) is 5.91 Å². The Morgan fingerprint density at radius 3 is 2.36 bits per heavy atom. The van der Waals surface area contributed by atoms with Gasteiger partial charge in [-0.2, -0.15) is 0 Å². The molecule has 28 heavy (non-hydrogen) atoms. The summed E-state index contributed by atoms with van der Waals surface area (Å²) >= 11 is 0. The second-order valence-electron chi connectivity index (χ2n) is 6.72. The molecule has 0 radical (unpaired) electrons. The second-order valence-corrected chi connectivity index (χ2v) is 6.72. The number of para-hydroxylation sites is 1. The van der Waals surface area contributed by atoms with Crippen LogP contribution in [0.4, 0.5) is 10.5 Å². The van der Waals surface area contributed by atoms with E-state index < -0.39 is 0 Å². The molecule has 9 heteroatoms. The van der Waals surface area contributed by atoms with Crippen molar-refractivity contribution in [3.63, 3.8) is 0 Å². The van der Waals surface area contributed by atoms with Crippen LogP contribution in [-0.4, -0.2) is 98.7 Å². The van der Waals surface area contributed by atoms with Crippen LogP contribution in [0.15, 0.2) is 24.3 Å². The number of benzene rings is 1. The zero-order valence-electron chi connectivity index (χ0n) is 16.1. The monoisotopic (exact) mass is 390 g/mol. The number of nitrogens with zero attached hydrogens (tertiary/aromatic N) is 3. The van der Waals surface area contributed by atoms with Crippen molar-refractivity contribution in [2.24, 2.45) is 0 Å². The van der Waals surface area contributed by atoms with Crippen molar-refractivity contribution in [1.82, 2.24) is 14.7 Å². The van der Waals surface area contributed by atoms with Crippen molar-refractivity contribution < 1.29 is 23.9 Å². The number of nitrogens with one attached hydrogen (secondary N) is 1. The number of rotatable bonds is 4. The first-order valence-corrected chi connectivity index (χ1v) is 9.39. The van der Waals surface area contributed by atoms with Crippen LogP contribution in [0.5, 0.6) is 0 Å². The maximum Gasteiger partial charge on any atom is 0.321 e. The molecule has 2 heterocycles. The Morgan fingerprint density at radius 1 is 1.00 bits per heavy atom. The van der Waals surface area contributed by atoms with Crippen LogP contribution in [0.25, 0.3) is 0 Å². The van der Waals surface area contributed by atoms with E-state index in [9.17, 15) is 14.4 Å². The lowest BCUT2D eigenvalue weighted by Crippen LogP contribution is -2.51. The molecule has 0 aromatic heterocycles. The predicted molar refractivity (Wildman–Crippen MR) is 102 cm³/mol. The number of carbonyl (C=O) groups excluding carboxylic acids is 3. The summed E-state index contributed by atoms with van der Waals surface area (Å²) in [5.74, 6) is -0.393. The third-order valence-corrected chi connectivity index (χ3v) is 4.94. The molecule has 3 rings (SSSR count). The molecule has 3 amide bonds. The predicted octanol–water partition coefficient (Wildman–Crippen LogP) is 0.482. The lowest BCUT2D eigenvalue weighted by molar-refractivity contribution is -0.142. The van der Waals surface area contributed by atoms with Gasteiger partial charge in [-0.25, -0.2) is 4.79 Å². The van der Waals surface area contributed by atoms with Crippen molar-refractivity contribution in [3.8, 4) is 0 Å². The highest BCUT2D eigenvalue weighted by molar-refractivity contribution is 6.03. The third kappa shape index (κ3) is 4.99. The molecular weight excluding hydrogens is 364 g/mol. The molecule has 2 fully saturated rings. The van der Waals surface area contributed by atoms with Crippen LogP contribution in [0.1, 0.15) is 10.4 Å². The molecule has 2 saturated heterocycles. The van der Waals surface area contributed by atoms with E-state index in [1.54, 1.807) is 34.1 Å². The summed E-state index contributed by atoms with van der Waals surface area (Å²) in [6.45, 7) is 4.56. The first-order valence-electron chi connectivity index (χ1n) is 9.39. The molecule has 0 bridgehead atoms. The van der Waals surface area contributed by atoms with Gasteiger partial charge in [-0.15, -0.1) is 0 Å². The van der Waals surface area contributed by atoms with Crippen LogP contribution in [0.3, 0.4) is 0 Å². The lowest BCUT2D eigenvalue weighted by Gasteiger charge is -2.34. The Morgan fingerprint density at radius 2 is 1.68 bits per heavy atom. The van der Waals surface area contributed by atoms with Gasteiger partial charge in [0.05, 0.1) is 38.1 Å². The molecule has 0 saturated carbocycles. The molecule has 0 spiro atoms. The number of morpholine rings is 1. The van der Waals surface area contributed by atoms with Gasteiger partial charge in [0.15, 0.2) is 0 Å². The van der Waals surface area contributed by atoms with Gasteiger partial charge in [-0.05, 0) is 12.1 Å². The van der Waals surface area contributed by atoms with E-state index in [4.69, 9.17) is 4.74 Å². The van der Waals surface area contributed by atoms with Crippen molar-refractivity contribution in [2.45, 2.75) is 0 Å². The average molecular weight is 390 g/mol. The third-order valence-electron chi connectivity index (χ3n) is 4.94. The summed E-state index contributed by atoms with van der Waals surface area (Å²) in [6.07, 6.45) is 0. The Bertz CT molecular complexity index is 712. The van der Waals surface area contributed by atoms with E-state index in [1.165, 1.54) is 7.11 Å².